The van der Waals surface area contributed by atoms with E-state index in [0.717, 1.165) is 57.4 Å². The monoisotopic (exact) mass is 504 g/mol. The number of ether oxygens (including phenoxy) is 1. The number of pyridine rings is 2. The zero-order valence-electron chi connectivity index (χ0n) is 21.2. The highest BCUT2D eigenvalue weighted by Crippen LogP contribution is 2.56. The standard InChI is InChI=1S/C31H28N4O3/c1-38-28(36)21-14-30(15-21)23-8-4-5-9-25(23)35(29(30)37)18-24-27(22-7-3-2-6-19(22)16-33-24)20-10-11-26(34-17-20)31(32)12-13-31/h2-11,16-17,21H,12-15,18,32H2,1H3. The van der Waals surface area contributed by atoms with Crippen molar-refractivity contribution in [1.82, 2.24) is 9.97 Å². The van der Waals surface area contributed by atoms with E-state index in [1.165, 1.54) is 7.11 Å². The van der Waals surface area contributed by atoms with Crippen molar-refractivity contribution in [2.24, 2.45) is 11.7 Å². The maximum Gasteiger partial charge on any atom is 0.308 e. The van der Waals surface area contributed by atoms with E-state index in [2.05, 4.69) is 12.1 Å². The average molecular weight is 505 g/mol. The third-order valence-electron chi connectivity index (χ3n) is 8.63. The molecule has 4 aromatic rings. The minimum absolute atomic E-state index is 0.0204. The van der Waals surface area contributed by atoms with E-state index < -0.39 is 5.41 Å². The summed E-state index contributed by atoms with van der Waals surface area (Å²) in [6.45, 7) is 0.323. The molecule has 7 rings (SSSR count). The molecule has 2 fully saturated rings. The lowest BCUT2D eigenvalue weighted by Gasteiger charge is -2.42. The zero-order valence-corrected chi connectivity index (χ0v) is 21.2. The third-order valence-corrected chi connectivity index (χ3v) is 8.63. The number of carbonyl (C=O) groups excluding carboxylic acids is 2. The first-order valence-corrected chi connectivity index (χ1v) is 13.1. The number of benzene rings is 2. The quantitative estimate of drug-likeness (QED) is 0.399. The molecule has 7 nitrogen and oxygen atoms in total. The molecule has 2 aromatic heterocycles. The van der Waals surface area contributed by atoms with E-state index in [-0.39, 0.29) is 23.3 Å². The van der Waals surface area contributed by atoms with Gasteiger partial charge >= 0.3 is 5.97 Å². The second-order valence-corrected chi connectivity index (χ2v) is 10.9. The van der Waals surface area contributed by atoms with Crippen LogP contribution in [-0.2, 0) is 31.8 Å². The molecule has 2 saturated carbocycles. The predicted octanol–water partition coefficient (Wildman–Crippen LogP) is 4.61. The summed E-state index contributed by atoms with van der Waals surface area (Å²) in [6.07, 6.45) is 6.59. The molecular weight excluding hydrogens is 476 g/mol. The zero-order chi connectivity index (χ0) is 26.1. The minimum atomic E-state index is -0.685. The molecule has 2 aliphatic carbocycles. The number of methoxy groups -OCH3 is 1. The Bertz CT molecular complexity index is 1600. The fourth-order valence-corrected chi connectivity index (χ4v) is 6.29. The summed E-state index contributed by atoms with van der Waals surface area (Å²) >= 11 is 0. The second kappa shape index (κ2) is 8.20. The fourth-order valence-electron chi connectivity index (χ4n) is 6.29. The van der Waals surface area contributed by atoms with Gasteiger partial charge in [0.15, 0.2) is 0 Å². The highest BCUT2D eigenvalue weighted by atomic mass is 16.5. The normalized spacial score (nSPS) is 22.8. The van der Waals surface area contributed by atoms with Gasteiger partial charge in [-0.1, -0.05) is 48.5 Å². The first-order valence-electron chi connectivity index (χ1n) is 13.1. The summed E-state index contributed by atoms with van der Waals surface area (Å²) in [5.41, 5.74) is 10.9. The van der Waals surface area contributed by atoms with Gasteiger partial charge in [-0.05, 0) is 48.8 Å². The molecule has 2 N–H and O–H groups in total. The summed E-state index contributed by atoms with van der Waals surface area (Å²) in [7, 11) is 1.40. The number of para-hydroxylation sites is 1. The maximum absolute atomic E-state index is 14.0. The van der Waals surface area contributed by atoms with Crippen LogP contribution in [0.25, 0.3) is 21.9 Å². The van der Waals surface area contributed by atoms with Gasteiger partial charge in [0.05, 0.1) is 41.9 Å². The van der Waals surface area contributed by atoms with Gasteiger partial charge in [-0.2, -0.15) is 0 Å². The number of nitrogens with zero attached hydrogens (tertiary/aromatic N) is 3. The average Bonchev–Trinajstić information content (AvgIpc) is 3.63. The Hall–Kier alpha value is -4.10. The van der Waals surface area contributed by atoms with Crippen LogP contribution < -0.4 is 10.6 Å². The molecule has 38 heavy (non-hydrogen) atoms. The summed E-state index contributed by atoms with van der Waals surface area (Å²) < 4.78 is 4.95. The molecule has 1 spiro atoms. The number of anilines is 1. The molecule has 3 heterocycles. The Balaban J connectivity index is 1.30. The second-order valence-electron chi connectivity index (χ2n) is 10.9. The molecule has 0 bridgehead atoms. The first kappa shape index (κ1) is 23.0. The van der Waals surface area contributed by atoms with Crippen LogP contribution in [0.15, 0.2) is 73.1 Å². The van der Waals surface area contributed by atoms with Crippen molar-refractivity contribution in [2.45, 2.75) is 43.2 Å². The van der Waals surface area contributed by atoms with Gasteiger partial charge in [0.25, 0.3) is 0 Å². The summed E-state index contributed by atoms with van der Waals surface area (Å²) in [5, 5.41) is 2.09. The van der Waals surface area contributed by atoms with Gasteiger partial charge in [0.2, 0.25) is 5.91 Å². The number of esters is 1. The van der Waals surface area contributed by atoms with E-state index in [1.807, 2.05) is 65.8 Å². The van der Waals surface area contributed by atoms with Crippen LogP contribution in [-0.4, -0.2) is 29.0 Å². The molecule has 3 aliphatic rings. The van der Waals surface area contributed by atoms with E-state index in [9.17, 15) is 9.59 Å². The van der Waals surface area contributed by atoms with Crippen LogP contribution in [0.2, 0.25) is 0 Å². The van der Waals surface area contributed by atoms with Crippen molar-refractivity contribution in [3.63, 3.8) is 0 Å². The molecule has 1 aliphatic heterocycles. The molecule has 7 heteroatoms. The van der Waals surface area contributed by atoms with E-state index in [1.54, 1.807) is 0 Å². The van der Waals surface area contributed by atoms with Gasteiger partial charge in [-0.3, -0.25) is 19.6 Å². The number of hydrogen-bond acceptors (Lipinski definition) is 6. The van der Waals surface area contributed by atoms with Crippen molar-refractivity contribution >= 4 is 28.3 Å². The molecule has 0 saturated heterocycles. The molecule has 190 valence electrons. The van der Waals surface area contributed by atoms with Crippen LogP contribution in [0.5, 0.6) is 0 Å². The lowest BCUT2D eigenvalue weighted by molar-refractivity contribution is -0.152. The Kier molecular flexibility index (Phi) is 4.97. The number of aromatic nitrogens is 2. The van der Waals surface area contributed by atoms with Crippen molar-refractivity contribution in [3.8, 4) is 11.1 Å². The van der Waals surface area contributed by atoms with E-state index in [0.29, 0.717) is 19.4 Å². The van der Waals surface area contributed by atoms with Crippen LogP contribution >= 0.6 is 0 Å². The SMILES string of the molecule is COC(=O)C1CC2(C1)C(=O)N(Cc1ncc3ccccc3c1-c1ccc(C3(N)CC3)nc1)c1ccccc12. The third kappa shape index (κ3) is 3.31. The number of amides is 1. The molecule has 0 unspecified atom stereocenters. The van der Waals surface area contributed by atoms with E-state index >= 15 is 0 Å². The van der Waals surface area contributed by atoms with Crippen molar-refractivity contribution in [3.05, 3.63) is 90.0 Å². The van der Waals surface area contributed by atoms with Crippen LogP contribution in [0.3, 0.4) is 0 Å². The topological polar surface area (TPSA) is 98.4 Å². The molecule has 0 atom stereocenters. The number of carbonyl (C=O) groups is 2. The van der Waals surface area contributed by atoms with Gasteiger partial charge in [0.1, 0.15) is 0 Å². The number of nitrogens with two attached hydrogens (primary N) is 1. The fraction of sp³-hybridized carbons (Fsp3) is 0.290. The summed E-state index contributed by atoms with van der Waals surface area (Å²) in [6, 6.07) is 20.1. The molecule has 1 amide bonds. The summed E-state index contributed by atoms with van der Waals surface area (Å²) in [5.74, 6) is -0.487. The lowest BCUT2D eigenvalue weighted by Crippen LogP contribution is -2.51. The Morgan fingerprint density at radius 1 is 1.03 bits per heavy atom. The van der Waals surface area contributed by atoms with Gasteiger partial charge < -0.3 is 15.4 Å². The first-order chi connectivity index (χ1) is 18.4. The van der Waals surface area contributed by atoms with Gasteiger partial charge in [-0.15, -0.1) is 0 Å². The molecule has 0 radical (unpaired) electrons. The number of rotatable bonds is 5. The minimum Gasteiger partial charge on any atom is -0.469 e. The van der Waals surface area contributed by atoms with E-state index in [4.69, 9.17) is 20.4 Å². The lowest BCUT2D eigenvalue weighted by atomic mass is 9.59. The van der Waals surface area contributed by atoms with Gasteiger partial charge in [0, 0.05) is 34.6 Å². The van der Waals surface area contributed by atoms with Gasteiger partial charge in [-0.25, -0.2) is 0 Å². The van der Waals surface area contributed by atoms with Crippen molar-refractivity contribution in [2.75, 3.05) is 12.0 Å². The maximum atomic E-state index is 14.0. The smallest absolute Gasteiger partial charge is 0.308 e. The van der Waals surface area contributed by atoms with Crippen LogP contribution in [0, 0.1) is 5.92 Å². The van der Waals surface area contributed by atoms with Crippen LogP contribution in [0.4, 0.5) is 5.69 Å². The highest BCUT2D eigenvalue weighted by Gasteiger charge is 2.60. The predicted molar refractivity (Wildman–Crippen MR) is 144 cm³/mol. The number of fused-ring (bicyclic) bond motifs is 3. The molecular formula is C31H28N4O3. The Morgan fingerprint density at radius 2 is 1.79 bits per heavy atom. The largest absolute Gasteiger partial charge is 0.469 e. The Labute approximate surface area is 220 Å². The molecule has 2 aromatic carbocycles. The number of hydrogen-bond donors (Lipinski definition) is 1. The van der Waals surface area contributed by atoms with Crippen molar-refractivity contribution in [1.29, 1.82) is 0 Å². The van der Waals surface area contributed by atoms with Crippen LogP contribution in [0.1, 0.15) is 42.6 Å². The Morgan fingerprint density at radius 3 is 2.53 bits per heavy atom. The van der Waals surface area contributed by atoms with Crippen molar-refractivity contribution < 1.29 is 14.3 Å². The highest BCUT2D eigenvalue weighted by molar-refractivity contribution is 6.10. The summed E-state index contributed by atoms with van der Waals surface area (Å²) in [4.78, 5) is 37.6.